The SMILES string of the molecule is CC1(C)C(/C=C/C=C2/N(CCCCS(C)(=O)=O)c3ccc4ccccc4c3C2(C)C)=[N+](CCCCS(=O)(=O)O)c2ccc3ccccc3c21. The lowest BCUT2D eigenvalue weighted by Gasteiger charge is -2.27. The molecule has 0 bridgehead atoms. The van der Waals surface area contributed by atoms with Crippen molar-refractivity contribution in [2.75, 3.05) is 35.8 Å². The minimum absolute atomic E-state index is 0.177. The number of benzene rings is 4. The Hall–Kier alpha value is -3.79. The number of hydrogen-bond donors (Lipinski definition) is 1. The first kappa shape index (κ1) is 35.1. The second kappa shape index (κ2) is 13.2. The molecule has 1 N–H and O–H groups in total. The molecule has 6 rings (SSSR count). The van der Waals surface area contributed by atoms with Gasteiger partial charge in [0.25, 0.3) is 10.1 Å². The summed E-state index contributed by atoms with van der Waals surface area (Å²) < 4.78 is 58.3. The number of hydrogen-bond acceptors (Lipinski definition) is 5. The van der Waals surface area contributed by atoms with Crippen LogP contribution in [0.5, 0.6) is 0 Å². The number of anilines is 1. The molecule has 0 saturated heterocycles. The molecule has 4 aromatic rings. The molecule has 2 aliphatic rings. The average molecular weight is 700 g/mol. The molecule has 0 radical (unpaired) electrons. The van der Waals surface area contributed by atoms with Crippen molar-refractivity contribution in [2.45, 2.75) is 64.2 Å². The van der Waals surface area contributed by atoms with Crippen LogP contribution < -0.4 is 4.90 Å². The molecule has 0 fully saturated rings. The monoisotopic (exact) mass is 699 g/mol. The van der Waals surface area contributed by atoms with E-state index in [0.29, 0.717) is 32.4 Å². The fourth-order valence-corrected chi connectivity index (χ4v) is 9.27. The van der Waals surface area contributed by atoms with Crippen LogP contribution in [-0.2, 0) is 30.8 Å². The third kappa shape index (κ3) is 6.98. The number of fused-ring (bicyclic) bond motifs is 6. The van der Waals surface area contributed by atoms with E-state index in [1.807, 2.05) is 0 Å². The highest BCUT2D eigenvalue weighted by Crippen LogP contribution is 2.51. The van der Waals surface area contributed by atoms with Crippen molar-refractivity contribution in [1.29, 1.82) is 0 Å². The van der Waals surface area contributed by atoms with Gasteiger partial charge in [-0.25, -0.2) is 8.42 Å². The summed E-state index contributed by atoms with van der Waals surface area (Å²) in [5.41, 5.74) is 6.47. The van der Waals surface area contributed by atoms with E-state index in [0.717, 1.165) is 29.2 Å². The van der Waals surface area contributed by atoms with E-state index in [4.69, 9.17) is 0 Å². The summed E-state index contributed by atoms with van der Waals surface area (Å²) in [6, 6.07) is 25.6. The van der Waals surface area contributed by atoms with Crippen LogP contribution in [0.1, 0.15) is 64.5 Å². The van der Waals surface area contributed by atoms with Gasteiger partial charge in [-0.15, -0.1) is 0 Å². The first-order chi connectivity index (χ1) is 23.1. The highest BCUT2D eigenvalue weighted by molar-refractivity contribution is 7.90. The van der Waals surface area contributed by atoms with Crippen molar-refractivity contribution in [2.24, 2.45) is 0 Å². The second-order valence-corrected chi connectivity index (χ2v) is 18.4. The largest absolute Gasteiger partial charge is 0.344 e. The Balaban J connectivity index is 1.41. The lowest BCUT2D eigenvalue weighted by molar-refractivity contribution is -0.438. The fourth-order valence-electron chi connectivity index (χ4n) is 7.97. The topological polar surface area (TPSA) is 94.8 Å². The molecule has 0 aliphatic carbocycles. The lowest BCUT2D eigenvalue weighted by atomic mass is 9.79. The van der Waals surface area contributed by atoms with Gasteiger partial charge in [-0.1, -0.05) is 74.5 Å². The normalized spacial score (nSPS) is 17.9. The van der Waals surface area contributed by atoms with Crippen LogP contribution in [0.4, 0.5) is 11.4 Å². The zero-order valence-electron chi connectivity index (χ0n) is 29.1. The number of unbranched alkanes of at least 4 members (excludes halogenated alkanes) is 2. The molecule has 258 valence electrons. The third-order valence-electron chi connectivity index (χ3n) is 10.2. The standard InChI is InChI=1S/C40H46N2O5S2/c1-39(2)35(41(25-10-12-27-48(5,43)44)33-23-21-29-15-6-8-17-31(29)37(33)39)19-14-20-36-40(3,4)38-32-18-9-7-16-30(32)22-24-34(38)42(36)26-11-13-28-49(45,46)47/h6-9,14-24H,10-13,25-28H2,1-5H3/p+1. The number of sulfone groups is 1. The summed E-state index contributed by atoms with van der Waals surface area (Å²) in [5.74, 6) is -0.0765. The quantitative estimate of drug-likeness (QED) is 0.0913. The lowest BCUT2D eigenvalue weighted by Crippen LogP contribution is -2.28. The van der Waals surface area contributed by atoms with E-state index in [-0.39, 0.29) is 22.3 Å². The van der Waals surface area contributed by atoms with E-state index in [9.17, 15) is 21.4 Å². The summed E-state index contributed by atoms with van der Waals surface area (Å²) in [4.78, 5) is 2.37. The summed E-state index contributed by atoms with van der Waals surface area (Å²) in [5, 5.41) is 4.80. The van der Waals surface area contributed by atoms with Crippen molar-refractivity contribution in [3.05, 3.63) is 108 Å². The van der Waals surface area contributed by atoms with E-state index < -0.39 is 20.0 Å². The Kier molecular flexibility index (Phi) is 9.41. The maximum atomic E-state index is 11.9. The van der Waals surface area contributed by atoms with Crippen LogP contribution in [0.2, 0.25) is 0 Å². The molecule has 49 heavy (non-hydrogen) atoms. The van der Waals surface area contributed by atoms with Crippen LogP contribution in [0.3, 0.4) is 0 Å². The van der Waals surface area contributed by atoms with Crippen LogP contribution in [0.15, 0.2) is 96.7 Å². The summed E-state index contributed by atoms with van der Waals surface area (Å²) in [7, 11) is -7.05. The predicted molar refractivity (Wildman–Crippen MR) is 203 cm³/mol. The number of allylic oxidation sites excluding steroid dienone is 4. The van der Waals surface area contributed by atoms with Gasteiger partial charge in [0.2, 0.25) is 5.69 Å². The minimum Gasteiger partial charge on any atom is -0.344 e. The molecule has 9 heteroatoms. The first-order valence-electron chi connectivity index (χ1n) is 17.1. The Morgan fingerprint density at radius 2 is 1.35 bits per heavy atom. The van der Waals surface area contributed by atoms with Crippen molar-refractivity contribution < 1.29 is 26.0 Å². The molecule has 0 unspecified atom stereocenters. The van der Waals surface area contributed by atoms with Crippen LogP contribution >= 0.6 is 0 Å². The Morgan fingerprint density at radius 1 is 0.735 bits per heavy atom. The van der Waals surface area contributed by atoms with Crippen molar-refractivity contribution in [3.63, 3.8) is 0 Å². The van der Waals surface area contributed by atoms with E-state index >= 15 is 0 Å². The number of rotatable bonds is 12. The van der Waals surface area contributed by atoms with E-state index in [1.54, 1.807) is 0 Å². The zero-order chi connectivity index (χ0) is 35.2. The highest BCUT2D eigenvalue weighted by atomic mass is 32.2. The van der Waals surface area contributed by atoms with Crippen LogP contribution in [0.25, 0.3) is 21.5 Å². The van der Waals surface area contributed by atoms with Crippen LogP contribution in [-0.4, -0.2) is 62.5 Å². The minimum atomic E-state index is -4.02. The highest BCUT2D eigenvalue weighted by Gasteiger charge is 2.45. The summed E-state index contributed by atoms with van der Waals surface area (Å²) in [6.07, 6.45) is 10.2. The van der Waals surface area contributed by atoms with Gasteiger partial charge in [-0.05, 0) is 78.4 Å². The average Bonchev–Trinajstić information content (AvgIpc) is 3.39. The Labute approximate surface area is 291 Å². The second-order valence-electron chi connectivity index (χ2n) is 14.5. The summed E-state index contributed by atoms with van der Waals surface area (Å²) >= 11 is 0. The van der Waals surface area contributed by atoms with Gasteiger partial charge in [-0.2, -0.15) is 13.0 Å². The maximum Gasteiger partial charge on any atom is 0.264 e. The molecule has 2 aliphatic heterocycles. The molecular weight excluding hydrogens is 653 g/mol. The van der Waals surface area contributed by atoms with Gasteiger partial charge in [0.05, 0.1) is 11.2 Å². The molecule has 0 atom stereocenters. The van der Waals surface area contributed by atoms with E-state index in [2.05, 4.69) is 128 Å². The zero-order valence-corrected chi connectivity index (χ0v) is 30.7. The van der Waals surface area contributed by atoms with Gasteiger partial charge in [0.1, 0.15) is 16.4 Å². The first-order valence-corrected chi connectivity index (χ1v) is 20.8. The van der Waals surface area contributed by atoms with Gasteiger partial charge >= 0.3 is 0 Å². The molecule has 0 amide bonds. The molecule has 0 spiro atoms. The molecule has 0 aromatic heterocycles. The Bertz CT molecular complexity index is 2250. The van der Waals surface area contributed by atoms with Crippen molar-refractivity contribution in [1.82, 2.24) is 0 Å². The summed E-state index contributed by atoms with van der Waals surface area (Å²) in [6.45, 7) is 10.4. The predicted octanol–water partition coefficient (Wildman–Crippen LogP) is 8.10. The smallest absolute Gasteiger partial charge is 0.264 e. The fraction of sp³-hybridized carbons (Fsp3) is 0.375. The molecular formula is C40H47N2O5S2+. The van der Waals surface area contributed by atoms with Gasteiger partial charge < -0.3 is 4.90 Å². The molecule has 7 nitrogen and oxygen atoms in total. The third-order valence-corrected chi connectivity index (χ3v) is 12.0. The van der Waals surface area contributed by atoms with Gasteiger partial charge in [0, 0.05) is 59.5 Å². The molecule has 2 heterocycles. The number of nitrogens with zero attached hydrogens (tertiary/aromatic N) is 2. The van der Waals surface area contributed by atoms with Gasteiger partial charge in [0.15, 0.2) is 5.71 Å². The van der Waals surface area contributed by atoms with E-state index in [1.165, 1.54) is 38.9 Å². The maximum absolute atomic E-state index is 11.9. The molecule has 0 saturated carbocycles. The van der Waals surface area contributed by atoms with Crippen molar-refractivity contribution >= 4 is 58.6 Å². The van der Waals surface area contributed by atoms with Crippen molar-refractivity contribution in [3.8, 4) is 0 Å². The Morgan fingerprint density at radius 3 is 2.00 bits per heavy atom. The van der Waals surface area contributed by atoms with Crippen LogP contribution in [0, 0.1) is 0 Å². The van der Waals surface area contributed by atoms with Gasteiger partial charge in [-0.3, -0.25) is 4.55 Å². The molecule has 4 aromatic carbocycles.